The van der Waals surface area contributed by atoms with Crippen molar-refractivity contribution in [3.63, 3.8) is 0 Å². The van der Waals surface area contributed by atoms with E-state index >= 15 is 0 Å². The summed E-state index contributed by atoms with van der Waals surface area (Å²) in [4.78, 5) is 23.3. The molecule has 1 aliphatic rings. The third-order valence-corrected chi connectivity index (χ3v) is 3.48. The molecule has 0 bridgehead atoms. The number of hydrogen-bond acceptors (Lipinski definition) is 4. The van der Waals surface area contributed by atoms with Crippen molar-refractivity contribution in [2.24, 2.45) is 0 Å². The topological polar surface area (TPSA) is 67.4 Å². The number of ether oxygens (including phenoxy) is 1. The summed E-state index contributed by atoms with van der Waals surface area (Å²) in [6.45, 7) is 2.57. The minimum absolute atomic E-state index is 0.0102. The molecule has 1 fully saturated rings. The molecule has 110 valence electrons. The molecule has 19 heavy (non-hydrogen) atoms. The van der Waals surface area contributed by atoms with Crippen LogP contribution in [-0.2, 0) is 14.3 Å². The van der Waals surface area contributed by atoms with Crippen molar-refractivity contribution in [3.8, 4) is 0 Å². The highest BCUT2D eigenvalue weighted by atomic mass is 16.5. The first-order valence-corrected chi connectivity index (χ1v) is 7.31. The van der Waals surface area contributed by atoms with Crippen molar-refractivity contribution in [2.75, 3.05) is 13.6 Å². The lowest BCUT2D eigenvalue weighted by atomic mass is 10.1. The molecule has 1 saturated heterocycles. The maximum absolute atomic E-state index is 11.7. The second-order valence-electron chi connectivity index (χ2n) is 5.09. The molecule has 5 heteroatoms. The SMILES string of the molecule is CCCCCCC(=O)OC1CCC(NC)C(=O)NC1. The van der Waals surface area contributed by atoms with Gasteiger partial charge in [-0.25, -0.2) is 0 Å². The molecule has 1 rings (SSSR count). The van der Waals surface area contributed by atoms with E-state index in [4.69, 9.17) is 4.74 Å². The van der Waals surface area contributed by atoms with Crippen molar-refractivity contribution in [1.82, 2.24) is 10.6 Å². The van der Waals surface area contributed by atoms with Crippen molar-refractivity contribution in [1.29, 1.82) is 0 Å². The summed E-state index contributed by atoms with van der Waals surface area (Å²) in [5.41, 5.74) is 0. The smallest absolute Gasteiger partial charge is 0.306 e. The number of rotatable bonds is 7. The minimum Gasteiger partial charge on any atom is -0.460 e. The first-order valence-electron chi connectivity index (χ1n) is 7.31. The Morgan fingerprint density at radius 3 is 2.84 bits per heavy atom. The van der Waals surface area contributed by atoms with Crippen molar-refractivity contribution in [3.05, 3.63) is 0 Å². The van der Waals surface area contributed by atoms with Gasteiger partial charge in [0, 0.05) is 6.42 Å². The minimum atomic E-state index is -0.180. The summed E-state index contributed by atoms with van der Waals surface area (Å²) in [5, 5.41) is 5.76. The molecule has 0 saturated carbocycles. The van der Waals surface area contributed by atoms with Gasteiger partial charge in [0.1, 0.15) is 6.10 Å². The largest absolute Gasteiger partial charge is 0.460 e. The van der Waals surface area contributed by atoms with E-state index < -0.39 is 0 Å². The van der Waals surface area contributed by atoms with Crippen LogP contribution in [0.4, 0.5) is 0 Å². The second kappa shape index (κ2) is 8.91. The molecule has 0 radical (unpaired) electrons. The second-order valence-corrected chi connectivity index (χ2v) is 5.09. The van der Waals surface area contributed by atoms with Crippen LogP contribution in [0.3, 0.4) is 0 Å². The number of likely N-dealkylation sites (N-methyl/N-ethyl adjacent to an activating group) is 1. The highest BCUT2D eigenvalue weighted by molar-refractivity contribution is 5.82. The highest BCUT2D eigenvalue weighted by Gasteiger charge is 2.25. The van der Waals surface area contributed by atoms with Gasteiger partial charge in [-0.3, -0.25) is 9.59 Å². The van der Waals surface area contributed by atoms with Crippen molar-refractivity contribution in [2.45, 2.75) is 64.0 Å². The summed E-state index contributed by atoms with van der Waals surface area (Å²) in [7, 11) is 1.77. The summed E-state index contributed by atoms with van der Waals surface area (Å²) in [6.07, 6.45) is 6.04. The lowest BCUT2D eigenvalue weighted by molar-refractivity contribution is -0.149. The average molecular weight is 270 g/mol. The molecule has 1 heterocycles. The predicted octanol–water partition coefficient (Wildman–Crippen LogP) is 1.37. The van der Waals surface area contributed by atoms with Crippen molar-refractivity contribution >= 4 is 11.9 Å². The van der Waals surface area contributed by atoms with E-state index in [0.29, 0.717) is 19.4 Å². The zero-order valence-corrected chi connectivity index (χ0v) is 12.0. The molecular formula is C14H26N2O3. The van der Waals surface area contributed by atoms with E-state index in [1.165, 1.54) is 0 Å². The van der Waals surface area contributed by atoms with E-state index in [2.05, 4.69) is 17.6 Å². The van der Waals surface area contributed by atoms with Gasteiger partial charge in [-0.15, -0.1) is 0 Å². The first kappa shape index (κ1) is 16.0. The molecule has 0 spiro atoms. The Morgan fingerprint density at radius 2 is 2.16 bits per heavy atom. The maximum Gasteiger partial charge on any atom is 0.306 e. The Hall–Kier alpha value is -1.10. The van der Waals surface area contributed by atoms with E-state index in [0.717, 1.165) is 32.1 Å². The summed E-state index contributed by atoms with van der Waals surface area (Å²) < 4.78 is 5.41. The van der Waals surface area contributed by atoms with Crippen LogP contribution in [0, 0.1) is 0 Å². The third kappa shape index (κ3) is 6.05. The summed E-state index contributed by atoms with van der Waals surface area (Å²) >= 11 is 0. The first-order chi connectivity index (χ1) is 9.17. The predicted molar refractivity (Wildman–Crippen MR) is 73.7 cm³/mol. The van der Waals surface area contributed by atoms with Crippen LogP contribution < -0.4 is 10.6 Å². The fourth-order valence-electron chi connectivity index (χ4n) is 2.24. The maximum atomic E-state index is 11.7. The quantitative estimate of drug-likeness (QED) is 0.541. The van der Waals surface area contributed by atoms with Crippen LogP contribution in [-0.4, -0.2) is 37.6 Å². The molecule has 0 aromatic carbocycles. The van der Waals surface area contributed by atoms with Crippen LogP contribution in [0.2, 0.25) is 0 Å². The summed E-state index contributed by atoms with van der Waals surface area (Å²) in [5.74, 6) is -0.151. The molecule has 5 nitrogen and oxygen atoms in total. The van der Waals surface area contributed by atoms with Gasteiger partial charge < -0.3 is 15.4 Å². The molecule has 0 aromatic heterocycles. The number of carbonyl (C=O) groups is 2. The number of esters is 1. The van der Waals surface area contributed by atoms with Gasteiger partial charge in [0.25, 0.3) is 0 Å². The van der Waals surface area contributed by atoms with Gasteiger partial charge in [0.2, 0.25) is 5.91 Å². The van der Waals surface area contributed by atoms with Gasteiger partial charge in [0.15, 0.2) is 0 Å². The highest BCUT2D eigenvalue weighted by Crippen LogP contribution is 2.11. The van der Waals surface area contributed by atoms with Crippen LogP contribution in [0.25, 0.3) is 0 Å². The van der Waals surface area contributed by atoms with E-state index in [-0.39, 0.29) is 24.0 Å². The number of hydrogen-bond donors (Lipinski definition) is 2. The fourth-order valence-corrected chi connectivity index (χ4v) is 2.24. The molecule has 1 aliphatic heterocycles. The van der Waals surface area contributed by atoms with Gasteiger partial charge in [-0.2, -0.15) is 0 Å². The van der Waals surface area contributed by atoms with E-state index in [1.54, 1.807) is 7.05 Å². The Morgan fingerprint density at radius 1 is 1.37 bits per heavy atom. The van der Waals surface area contributed by atoms with Crippen LogP contribution in [0.1, 0.15) is 51.9 Å². The summed E-state index contributed by atoms with van der Waals surface area (Å²) in [6, 6.07) is -0.173. The Bertz CT molecular complexity index is 294. The number of unbranched alkanes of at least 4 members (excludes halogenated alkanes) is 3. The van der Waals surface area contributed by atoms with Crippen LogP contribution in [0.5, 0.6) is 0 Å². The van der Waals surface area contributed by atoms with Gasteiger partial charge in [0.05, 0.1) is 12.6 Å². The Kier molecular flexibility index (Phi) is 7.48. The molecule has 2 N–H and O–H groups in total. The molecule has 0 aromatic rings. The lowest BCUT2D eigenvalue weighted by Crippen LogP contribution is -2.41. The molecule has 2 atom stereocenters. The van der Waals surface area contributed by atoms with Crippen molar-refractivity contribution < 1.29 is 14.3 Å². The molecule has 1 amide bonds. The normalized spacial score (nSPS) is 23.6. The van der Waals surface area contributed by atoms with E-state index in [1.807, 2.05) is 0 Å². The average Bonchev–Trinajstić information content (AvgIpc) is 2.57. The Balaban J connectivity index is 2.25. The zero-order chi connectivity index (χ0) is 14.1. The number of amides is 1. The molecular weight excluding hydrogens is 244 g/mol. The van der Waals surface area contributed by atoms with Gasteiger partial charge >= 0.3 is 5.97 Å². The third-order valence-electron chi connectivity index (χ3n) is 3.48. The van der Waals surface area contributed by atoms with Crippen LogP contribution >= 0.6 is 0 Å². The van der Waals surface area contributed by atoms with Gasteiger partial charge in [-0.05, 0) is 26.3 Å². The number of nitrogens with one attached hydrogen (secondary N) is 2. The Labute approximate surface area is 115 Å². The number of carbonyl (C=O) groups excluding carboxylic acids is 2. The zero-order valence-electron chi connectivity index (χ0n) is 12.0. The lowest BCUT2D eigenvalue weighted by Gasteiger charge is -2.15. The molecule has 2 unspecified atom stereocenters. The fraction of sp³-hybridized carbons (Fsp3) is 0.857. The standard InChI is InChI=1S/C14H26N2O3/c1-3-4-5-6-7-13(17)19-11-8-9-12(15-2)14(18)16-10-11/h11-12,15H,3-10H2,1-2H3,(H,16,18). The van der Waals surface area contributed by atoms with Gasteiger partial charge in [-0.1, -0.05) is 26.2 Å². The van der Waals surface area contributed by atoms with Crippen LogP contribution in [0.15, 0.2) is 0 Å². The van der Waals surface area contributed by atoms with E-state index in [9.17, 15) is 9.59 Å². The molecule has 0 aliphatic carbocycles. The monoisotopic (exact) mass is 270 g/mol.